The van der Waals surface area contributed by atoms with Crippen LogP contribution >= 0.6 is 23.5 Å². The molecule has 3 aromatic heterocycles. The first-order valence-electron chi connectivity index (χ1n) is 12.1. The molecule has 0 radical (unpaired) electrons. The van der Waals surface area contributed by atoms with Gasteiger partial charge in [0.1, 0.15) is 16.8 Å². The third-order valence-electron chi connectivity index (χ3n) is 6.22. The summed E-state index contributed by atoms with van der Waals surface area (Å²) in [5, 5.41) is 4.64. The average Bonchev–Trinajstić information content (AvgIpc) is 3.64. The predicted molar refractivity (Wildman–Crippen MR) is 155 cm³/mol. The molecule has 6 aromatic rings. The van der Waals surface area contributed by atoms with E-state index in [4.69, 9.17) is 14.2 Å². The maximum absolute atomic E-state index is 13.9. The average molecular weight is 554 g/mol. The minimum Gasteiger partial charge on any atom is -0.495 e. The van der Waals surface area contributed by atoms with Crippen LogP contribution in [-0.4, -0.2) is 38.0 Å². The van der Waals surface area contributed by atoms with Gasteiger partial charge in [-0.15, -0.1) is 11.8 Å². The molecule has 0 saturated heterocycles. The predicted octanol–water partition coefficient (Wildman–Crippen LogP) is 6.45. The highest BCUT2D eigenvalue weighted by molar-refractivity contribution is 7.98. The minimum absolute atomic E-state index is 0.228. The summed E-state index contributed by atoms with van der Waals surface area (Å²) < 4.78 is 12.7. The molecule has 0 spiro atoms. The number of hydrogen-bond acceptors (Lipinski definition) is 8. The van der Waals surface area contributed by atoms with Crippen LogP contribution in [-0.2, 0) is 5.75 Å². The lowest BCUT2D eigenvalue weighted by atomic mass is 10.1. The number of fused-ring (bicyclic) bond motifs is 1. The standard InChI is InChI=1S/C29H23N5O3S2/c1-36-23-11-7-6-10-22(23)34-28(35)26-25(21(16-30-26)18-8-4-3-5-9-18)32-29(34)39-17-24-31-27(33-37-24)19-12-14-20(38-2)15-13-19/h3-16,30H,17H2,1-2H3. The van der Waals surface area contributed by atoms with Crippen molar-refractivity contribution in [1.29, 1.82) is 0 Å². The second-order valence-corrected chi connectivity index (χ2v) is 10.3. The summed E-state index contributed by atoms with van der Waals surface area (Å²) in [6, 6.07) is 25.2. The molecule has 0 fully saturated rings. The zero-order valence-corrected chi connectivity index (χ0v) is 22.8. The van der Waals surface area contributed by atoms with Gasteiger partial charge in [0.15, 0.2) is 5.16 Å². The Morgan fingerprint density at radius 2 is 1.72 bits per heavy atom. The highest BCUT2D eigenvalue weighted by Crippen LogP contribution is 2.32. The summed E-state index contributed by atoms with van der Waals surface area (Å²) in [7, 11) is 1.58. The molecule has 3 heterocycles. The molecule has 39 heavy (non-hydrogen) atoms. The third kappa shape index (κ3) is 4.84. The second-order valence-electron chi connectivity index (χ2n) is 8.53. The first kappa shape index (κ1) is 25.0. The first-order chi connectivity index (χ1) is 19.2. The Balaban J connectivity index is 1.41. The Kier molecular flexibility index (Phi) is 6.95. The summed E-state index contributed by atoms with van der Waals surface area (Å²) in [5.41, 5.74) is 4.07. The van der Waals surface area contributed by atoms with Gasteiger partial charge in [0.05, 0.1) is 18.6 Å². The van der Waals surface area contributed by atoms with Gasteiger partial charge in [-0.2, -0.15) is 4.98 Å². The number of H-pyrrole nitrogens is 1. The highest BCUT2D eigenvalue weighted by atomic mass is 32.2. The van der Waals surface area contributed by atoms with Gasteiger partial charge in [0.2, 0.25) is 11.7 Å². The number of nitrogens with zero attached hydrogens (tertiary/aromatic N) is 4. The smallest absolute Gasteiger partial charge is 0.283 e. The van der Waals surface area contributed by atoms with E-state index in [0.717, 1.165) is 21.6 Å². The Morgan fingerprint density at radius 3 is 2.49 bits per heavy atom. The molecule has 0 aliphatic carbocycles. The van der Waals surface area contributed by atoms with Crippen molar-refractivity contribution < 1.29 is 9.26 Å². The van der Waals surface area contributed by atoms with Crippen molar-refractivity contribution in [2.75, 3.05) is 13.4 Å². The minimum atomic E-state index is -0.228. The van der Waals surface area contributed by atoms with Crippen LogP contribution in [0, 0.1) is 0 Å². The van der Waals surface area contributed by atoms with Gasteiger partial charge in [0.25, 0.3) is 5.56 Å². The van der Waals surface area contributed by atoms with Crippen LogP contribution in [0.2, 0.25) is 0 Å². The van der Waals surface area contributed by atoms with E-state index in [9.17, 15) is 4.79 Å². The van der Waals surface area contributed by atoms with Crippen molar-refractivity contribution >= 4 is 34.6 Å². The number of para-hydroxylation sites is 2. The van der Waals surface area contributed by atoms with Crippen molar-refractivity contribution in [3.05, 3.63) is 101 Å². The van der Waals surface area contributed by atoms with Crippen LogP contribution in [0.3, 0.4) is 0 Å². The van der Waals surface area contributed by atoms with Gasteiger partial charge in [-0.3, -0.25) is 4.79 Å². The number of hydrogen-bond donors (Lipinski definition) is 1. The fourth-order valence-corrected chi connectivity index (χ4v) is 5.54. The number of nitrogens with one attached hydrogen (secondary N) is 1. The lowest BCUT2D eigenvalue weighted by molar-refractivity contribution is 0.391. The van der Waals surface area contributed by atoms with Crippen molar-refractivity contribution in [1.82, 2.24) is 24.7 Å². The van der Waals surface area contributed by atoms with Crippen LogP contribution in [0.1, 0.15) is 5.89 Å². The third-order valence-corrected chi connectivity index (χ3v) is 7.89. The van der Waals surface area contributed by atoms with E-state index in [0.29, 0.717) is 45.1 Å². The van der Waals surface area contributed by atoms with E-state index in [1.807, 2.05) is 91.3 Å². The van der Waals surface area contributed by atoms with Gasteiger partial charge in [-0.05, 0) is 48.2 Å². The number of aromatic nitrogens is 5. The van der Waals surface area contributed by atoms with Gasteiger partial charge in [0, 0.05) is 22.2 Å². The zero-order valence-electron chi connectivity index (χ0n) is 21.1. The summed E-state index contributed by atoms with van der Waals surface area (Å²) >= 11 is 3.02. The summed E-state index contributed by atoms with van der Waals surface area (Å²) in [5.74, 6) is 1.84. The van der Waals surface area contributed by atoms with Crippen LogP contribution in [0.15, 0.2) is 104 Å². The van der Waals surface area contributed by atoms with E-state index < -0.39 is 0 Å². The van der Waals surface area contributed by atoms with Crippen molar-refractivity contribution in [2.24, 2.45) is 0 Å². The van der Waals surface area contributed by atoms with E-state index >= 15 is 0 Å². The summed E-state index contributed by atoms with van der Waals surface area (Å²) in [6.45, 7) is 0. The van der Waals surface area contributed by atoms with E-state index in [1.165, 1.54) is 11.8 Å². The molecule has 0 saturated carbocycles. The maximum atomic E-state index is 13.9. The molecular formula is C29H23N5O3S2. The fourth-order valence-electron chi connectivity index (χ4n) is 4.30. The quantitative estimate of drug-likeness (QED) is 0.170. The maximum Gasteiger partial charge on any atom is 0.283 e. The molecule has 0 amide bonds. The molecule has 0 aliphatic rings. The van der Waals surface area contributed by atoms with Crippen molar-refractivity contribution in [2.45, 2.75) is 15.8 Å². The van der Waals surface area contributed by atoms with E-state index in [2.05, 4.69) is 15.1 Å². The molecule has 3 aromatic carbocycles. The lowest BCUT2D eigenvalue weighted by Gasteiger charge is -2.14. The van der Waals surface area contributed by atoms with Crippen LogP contribution in [0.25, 0.3) is 39.2 Å². The number of methoxy groups -OCH3 is 1. The highest BCUT2D eigenvalue weighted by Gasteiger charge is 2.21. The Morgan fingerprint density at radius 1 is 0.949 bits per heavy atom. The molecule has 0 bridgehead atoms. The summed E-state index contributed by atoms with van der Waals surface area (Å²) in [4.78, 5) is 27.7. The SMILES string of the molecule is COc1ccccc1-n1c(SCc2nc(-c3ccc(SC)cc3)no2)nc2c(-c3ccccc3)c[nH]c2c1=O. The Labute approximate surface area is 232 Å². The zero-order chi connectivity index (χ0) is 26.8. The molecule has 1 N–H and O–H groups in total. The van der Waals surface area contributed by atoms with Gasteiger partial charge in [-0.25, -0.2) is 9.55 Å². The molecular weight excluding hydrogens is 530 g/mol. The normalized spacial score (nSPS) is 11.2. The van der Waals surface area contributed by atoms with Gasteiger partial charge >= 0.3 is 0 Å². The van der Waals surface area contributed by atoms with Crippen LogP contribution < -0.4 is 10.3 Å². The fraction of sp³-hybridized carbons (Fsp3) is 0.103. The molecule has 194 valence electrons. The molecule has 0 atom stereocenters. The number of aromatic amines is 1. The number of rotatable bonds is 8. The molecule has 10 heteroatoms. The first-order valence-corrected chi connectivity index (χ1v) is 14.3. The Bertz CT molecular complexity index is 1810. The second kappa shape index (κ2) is 10.8. The molecule has 0 aliphatic heterocycles. The Hall–Kier alpha value is -4.28. The van der Waals surface area contributed by atoms with Crippen molar-refractivity contribution in [3.63, 3.8) is 0 Å². The van der Waals surface area contributed by atoms with Crippen LogP contribution in [0.5, 0.6) is 5.75 Å². The van der Waals surface area contributed by atoms with E-state index in [1.54, 1.807) is 23.4 Å². The topological polar surface area (TPSA) is 98.8 Å². The van der Waals surface area contributed by atoms with E-state index in [-0.39, 0.29) is 5.56 Å². The van der Waals surface area contributed by atoms with Crippen LogP contribution in [0.4, 0.5) is 0 Å². The molecule has 6 rings (SSSR count). The molecule has 8 nitrogen and oxygen atoms in total. The van der Waals surface area contributed by atoms with Crippen molar-refractivity contribution in [3.8, 4) is 34.0 Å². The summed E-state index contributed by atoms with van der Waals surface area (Å²) in [6.07, 6.45) is 3.85. The number of ether oxygens (including phenoxy) is 1. The largest absolute Gasteiger partial charge is 0.495 e. The van der Waals surface area contributed by atoms with Gasteiger partial charge in [-0.1, -0.05) is 59.4 Å². The monoisotopic (exact) mass is 553 g/mol. The molecule has 0 unspecified atom stereocenters. The number of thioether (sulfide) groups is 2. The number of benzene rings is 3. The lowest BCUT2D eigenvalue weighted by Crippen LogP contribution is -2.22. The van der Waals surface area contributed by atoms with Gasteiger partial charge < -0.3 is 14.2 Å².